The van der Waals surface area contributed by atoms with Crippen molar-refractivity contribution in [2.24, 2.45) is 0 Å². The van der Waals surface area contributed by atoms with Gasteiger partial charge in [0, 0.05) is 19.2 Å². The van der Waals surface area contributed by atoms with Crippen molar-refractivity contribution in [2.45, 2.75) is 37.8 Å². The predicted molar refractivity (Wildman–Crippen MR) is 109 cm³/mol. The molecule has 3 N–H and O–H groups in total. The highest BCUT2D eigenvalue weighted by molar-refractivity contribution is 5.89. The highest BCUT2D eigenvalue weighted by Gasteiger charge is 2.35. The van der Waals surface area contributed by atoms with Crippen molar-refractivity contribution in [3.8, 4) is 11.5 Å². The number of nitrogens with zero attached hydrogens (tertiary/aromatic N) is 2. The molecule has 2 heterocycles. The quantitative estimate of drug-likeness (QED) is 0.461. The highest BCUT2D eigenvalue weighted by Crippen LogP contribution is 2.25. The van der Waals surface area contributed by atoms with E-state index >= 15 is 0 Å². The van der Waals surface area contributed by atoms with Gasteiger partial charge in [-0.05, 0) is 37.8 Å². The summed E-state index contributed by atoms with van der Waals surface area (Å²) in [6, 6.07) is 1.80. The van der Waals surface area contributed by atoms with Crippen molar-refractivity contribution in [3.63, 3.8) is 0 Å². The number of amides is 2. The summed E-state index contributed by atoms with van der Waals surface area (Å²) in [5.74, 6) is -4.62. The van der Waals surface area contributed by atoms with Gasteiger partial charge in [0.05, 0.1) is 5.56 Å². The average Bonchev–Trinajstić information content (AvgIpc) is 3.45. The van der Waals surface area contributed by atoms with Crippen molar-refractivity contribution in [2.75, 3.05) is 26.3 Å². The molecule has 2 amide bonds. The smallest absolute Gasteiger partial charge is 0.335 e. The Morgan fingerprint density at radius 1 is 0.758 bits per heavy atom. The van der Waals surface area contributed by atoms with Gasteiger partial charge in [-0.15, -0.1) is 0 Å². The second kappa shape index (κ2) is 10.2. The Hall–Kier alpha value is -3.83. The van der Waals surface area contributed by atoms with Crippen LogP contribution in [0, 0.1) is 0 Å². The lowest BCUT2D eigenvalue weighted by molar-refractivity contribution is -0.149. The number of carboxylic acids is 3. The number of ether oxygens (including phenoxy) is 2. The molecule has 1 aromatic rings. The van der Waals surface area contributed by atoms with E-state index in [1.165, 1.54) is 28.0 Å². The number of rotatable bonds is 9. The fourth-order valence-corrected chi connectivity index (χ4v) is 3.96. The molecular weight excluding hydrogens is 440 g/mol. The zero-order chi connectivity index (χ0) is 24.1. The molecule has 178 valence electrons. The van der Waals surface area contributed by atoms with Crippen molar-refractivity contribution in [3.05, 3.63) is 23.8 Å². The van der Waals surface area contributed by atoms with Gasteiger partial charge >= 0.3 is 17.9 Å². The minimum Gasteiger partial charge on any atom is -0.484 e. The van der Waals surface area contributed by atoms with Crippen LogP contribution in [0.4, 0.5) is 0 Å². The van der Waals surface area contributed by atoms with Gasteiger partial charge in [-0.3, -0.25) is 9.59 Å². The zero-order valence-electron chi connectivity index (χ0n) is 17.6. The summed E-state index contributed by atoms with van der Waals surface area (Å²) in [6.07, 6.45) is 1.81. The van der Waals surface area contributed by atoms with Crippen LogP contribution < -0.4 is 9.47 Å². The average molecular weight is 464 g/mol. The van der Waals surface area contributed by atoms with Crippen LogP contribution in [-0.2, 0) is 19.2 Å². The van der Waals surface area contributed by atoms with Gasteiger partial charge in [0.15, 0.2) is 13.2 Å². The number of hydrogen-bond donors (Lipinski definition) is 3. The van der Waals surface area contributed by atoms with E-state index in [0.29, 0.717) is 38.8 Å². The number of carbonyl (C=O) groups excluding carboxylic acids is 2. The van der Waals surface area contributed by atoms with E-state index in [9.17, 15) is 39.3 Å². The Kier molecular flexibility index (Phi) is 7.36. The topological polar surface area (TPSA) is 171 Å². The molecule has 0 aromatic heterocycles. The summed E-state index contributed by atoms with van der Waals surface area (Å²) >= 11 is 0. The lowest BCUT2D eigenvalue weighted by Crippen LogP contribution is -2.42. The Morgan fingerprint density at radius 2 is 1.18 bits per heavy atom. The fraction of sp³-hybridized carbons (Fsp3) is 0.476. The van der Waals surface area contributed by atoms with E-state index in [2.05, 4.69) is 0 Å². The molecular formula is C21H24N2O10. The monoisotopic (exact) mass is 464 g/mol. The van der Waals surface area contributed by atoms with Gasteiger partial charge in [-0.2, -0.15) is 0 Å². The summed E-state index contributed by atoms with van der Waals surface area (Å²) in [5, 5.41) is 27.7. The third kappa shape index (κ3) is 5.70. The van der Waals surface area contributed by atoms with Crippen LogP contribution in [0.25, 0.3) is 0 Å². The molecule has 12 heteroatoms. The van der Waals surface area contributed by atoms with Gasteiger partial charge in [-0.1, -0.05) is 0 Å². The van der Waals surface area contributed by atoms with Crippen molar-refractivity contribution < 1.29 is 48.8 Å². The zero-order valence-corrected chi connectivity index (χ0v) is 17.6. The Bertz CT molecular complexity index is 896. The maximum atomic E-state index is 12.4. The van der Waals surface area contributed by atoms with E-state index in [0.717, 1.165) is 0 Å². The molecule has 2 saturated heterocycles. The van der Waals surface area contributed by atoms with E-state index in [1.54, 1.807) is 0 Å². The molecule has 1 aromatic carbocycles. The Labute approximate surface area is 188 Å². The van der Waals surface area contributed by atoms with Gasteiger partial charge in [0.25, 0.3) is 11.8 Å². The molecule has 0 spiro atoms. The van der Waals surface area contributed by atoms with Gasteiger partial charge in [-0.25, -0.2) is 14.4 Å². The number of carbonyl (C=O) groups is 5. The molecule has 2 aliphatic rings. The standard InChI is InChI=1S/C21H24N2O10/c24-17(22-5-1-3-15(22)20(28)29)10-32-13-7-12(19(26)27)8-14(9-13)33-11-18(25)23-6-2-4-16(23)21(30)31/h7-9,15-16H,1-6,10-11H2,(H,26,27)(H,28,29)(H,30,31)/t15-,16-/m1/s1. The van der Waals surface area contributed by atoms with Crippen LogP contribution in [0.5, 0.6) is 11.5 Å². The SMILES string of the molecule is O=C(O)c1cc(OCC(=O)N2CCC[C@@H]2C(=O)O)cc(OCC(=O)N2CCC[C@@H]2C(=O)O)c1. The molecule has 0 radical (unpaired) electrons. The summed E-state index contributed by atoms with van der Waals surface area (Å²) in [4.78, 5) is 61.1. The first-order valence-electron chi connectivity index (χ1n) is 10.4. The highest BCUT2D eigenvalue weighted by atomic mass is 16.5. The largest absolute Gasteiger partial charge is 0.484 e. The van der Waals surface area contributed by atoms with Crippen LogP contribution >= 0.6 is 0 Å². The predicted octanol–water partition coefficient (Wildman–Crippen LogP) is 0.294. The first-order valence-corrected chi connectivity index (χ1v) is 10.4. The lowest BCUT2D eigenvalue weighted by Gasteiger charge is -2.22. The fourth-order valence-electron chi connectivity index (χ4n) is 3.96. The summed E-state index contributed by atoms with van der Waals surface area (Å²) in [5.41, 5.74) is -0.212. The lowest BCUT2D eigenvalue weighted by atomic mass is 10.2. The van der Waals surface area contributed by atoms with Crippen LogP contribution in [0.15, 0.2) is 18.2 Å². The van der Waals surface area contributed by atoms with Crippen LogP contribution in [0.1, 0.15) is 36.0 Å². The minimum absolute atomic E-state index is 0.0126. The van der Waals surface area contributed by atoms with Crippen molar-refractivity contribution >= 4 is 29.7 Å². The molecule has 0 bridgehead atoms. The molecule has 0 saturated carbocycles. The Morgan fingerprint density at radius 3 is 1.55 bits per heavy atom. The summed E-state index contributed by atoms with van der Waals surface area (Å²) < 4.78 is 10.8. The van der Waals surface area contributed by atoms with Crippen LogP contribution in [-0.4, -0.2) is 93.2 Å². The molecule has 0 unspecified atom stereocenters. The van der Waals surface area contributed by atoms with Gasteiger partial charge < -0.3 is 34.6 Å². The molecule has 2 fully saturated rings. The molecule has 12 nitrogen and oxygen atoms in total. The normalized spacial score (nSPS) is 19.9. The first kappa shape index (κ1) is 23.8. The van der Waals surface area contributed by atoms with E-state index in [1.807, 2.05) is 0 Å². The second-order valence-electron chi connectivity index (χ2n) is 7.74. The number of benzene rings is 1. The van der Waals surface area contributed by atoms with Gasteiger partial charge in [0.2, 0.25) is 0 Å². The number of carboxylic acid groups (broad SMARTS) is 3. The number of hydrogen-bond acceptors (Lipinski definition) is 7. The third-order valence-corrected chi connectivity index (χ3v) is 5.57. The third-order valence-electron chi connectivity index (χ3n) is 5.57. The number of aliphatic carboxylic acids is 2. The van der Waals surface area contributed by atoms with Gasteiger partial charge in [0.1, 0.15) is 23.6 Å². The molecule has 0 aliphatic carbocycles. The van der Waals surface area contributed by atoms with E-state index in [-0.39, 0.29) is 17.1 Å². The molecule has 2 atom stereocenters. The second-order valence-corrected chi connectivity index (χ2v) is 7.74. The molecule has 33 heavy (non-hydrogen) atoms. The molecule has 2 aliphatic heterocycles. The van der Waals surface area contributed by atoms with Crippen molar-refractivity contribution in [1.29, 1.82) is 0 Å². The number of aromatic carboxylic acids is 1. The number of likely N-dealkylation sites (tertiary alicyclic amines) is 2. The van der Waals surface area contributed by atoms with Crippen LogP contribution in [0.2, 0.25) is 0 Å². The molecule has 3 rings (SSSR count). The minimum atomic E-state index is -1.29. The van der Waals surface area contributed by atoms with Crippen LogP contribution in [0.3, 0.4) is 0 Å². The van der Waals surface area contributed by atoms with Crippen molar-refractivity contribution in [1.82, 2.24) is 9.80 Å². The van der Waals surface area contributed by atoms with E-state index < -0.39 is 55.0 Å². The maximum Gasteiger partial charge on any atom is 0.335 e. The summed E-state index contributed by atoms with van der Waals surface area (Å²) in [7, 11) is 0. The summed E-state index contributed by atoms with van der Waals surface area (Å²) in [6.45, 7) is -0.421. The maximum absolute atomic E-state index is 12.4. The first-order chi connectivity index (χ1) is 15.7. The Balaban J connectivity index is 1.65. The van der Waals surface area contributed by atoms with E-state index in [4.69, 9.17) is 9.47 Å².